The molecule has 21 heavy (non-hydrogen) atoms. The number of nitriles is 1. The van der Waals surface area contributed by atoms with Crippen molar-refractivity contribution in [2.45, 2.75) is 18.4 Å². The first-order valence-electron chi connectivity index (χ1n) is 6.01. The van der Waals surface area contributed by atoms with Crippen molar-refractivity contribution in [1.29, 1.82) is 5.26 Å². The molecule has 0 spiro atoms. The Kier molecular flexibility index (Phi) is 4.27. The van der Waals surface area contributed by atoms with Gasteiger partial charge in [0.15, 0.2) is 0 Å². The molecule has 6 nitrogen and oxygen atoms in total. The first-order chi connectivity index (χ1) is 9.86. The van der Waals surface area contributed by atoms with Crippen LogP contribution in [0.25, 0.3) is 0 Å². The molecule has 0 unspecified atom stereocenters. The third-order valence-electron chi connectivity index (χ3n) is 3.02. The minimum Gasteiger partial charge on any atom is -0.399 e. The van der Waals surface area contributed by atoms with Crippen LogP contribution in [0.5, 0.6) is 0 Å². The topological polar surface area (TPSA) is 100 Å². The van der Waals surface area contributed by atoms with Crippen LogP contribution in [0.15, 0.2) is 28.6 Å². The van der Waals surface area contributed by atoms with Gasteiger partial charge in [0.2, 0.25) is 10.0 Å². The normalized spacial score (nSPS) is 11.5. The highest BCUT2D eigenvalue weighted by Crippen LogP contribution is 2.24. The molecule has 0 bridgehead atoms. The number of benzene rings is 1. The lowest BCUT2D eigenvalue weighted by Crippen LogP contribution is -2.27. The van der Waals surface area contributed by atoms with Gasteiger partial charge >= 0.3 is 0 Å². The van der Waals surface area contributed by atoms with E-state index in [1.54, 1.807) is 5.51 Å². The second-order valence-corrected chi connectivity index (χ2v) is 7.44. The SMILES string of the molecule is Cc1ncsc1CN(C)S(=O)(=O)c1ccc(N)cc1C#N. The Morgan fingerprint density at radius 2 is 2.19 bits per heavy atom. The molecular formula is C13H14N4O2S2. The smallest absolute Gasteiger partial charge is 0.244 e. The van der Waals surface area contributed by atoms with Crippen LogP contribution in [0.2, 0.25) is 0 Å². The maximum absolute atomic E-state index is 12.6. The highest BCUT2D eigenvalue weighted by atomic mass is 32.2. The van der Waals surface area contributed by atoms with Crippen LogP contribution in [-0.2, 0) is 16.6 Å². The van der Waals surface area contributed by atoms with Gasteiger partial charge in [-0.1, -0.05) is 0 Å². The molecule has 0 saturated carbocycles. The van der Waals surface area contributed by atoms with Crippen molar-refractivity contribution in [2.75, 3.05) is 12.8 Å². The molecule has 1 aromatic heterocycles. The predicted molar refractivity (Wildman–Crippen MR) is 81.1 cm³/mol. The number of anilines is 1. The second kappa shape index (κ2) is 5.81. The van der Waals surface area contributed by atoms with E-state index in [4.69, 9.17) is 11.0 Å². The molecule has 1 aromatic carbocycles. The molecule has 1 heterocycles. The predicted octanol–water partition coefficient (Wildman–Crippen LogP) is 1.73. The molecule has 0 aliphatic carbocycles. The van der Waals surface area contributed by atoms with Gasteiger partial charge in [-0.25, -0.2) is 13.4 Å². The zero-order valence-electron chi connectivity index (χ0n) is 11.6. The van der Waals surface area contributed by atoms with E-state index in [9.17, 15) is 8.42 Å². The highest BCUT2D eigenvalue weighted by Gasteiger charge is 2.25. The first kappa shape index (κ1) is 15.4. The second-order valence-electron chi connectivity index (χ2n) is 4.49. The van der Waals surface area contributed by atoms with E-state index in [1.165, 1.54) is 40.9 Å². The molecule has 0 fully saturated rings. The van der Waals surface area contributed by atoms with Gasteiger partial charge < -0.3 is 5.73 Å². The summed E-state index contributed by atoms with van der Waals surface area (Å²) in [5, 5.41) is 9.09. The van der Waals surface area contributed by atoms with E-state index in [1.807, 2.05) is 13.0 Å². The van der Waals surface area contributed by atoms with Gasteiger partial charge in [-0.05, 0) is 25.1 Å². The number of hydrogen-bond donors (Lipinski definition) is 1. The Labute approximate surface area is 127 Å². The number of sulfonamides is 1. The largest absolute Gasteiger partial charge is 0.399 e. The van der Waals surface area contributed by atoms with Gasteiger partial charge in [-0.3, -0.25) is 0 Å². The van der Waals surface area contributed by atoms with E-state index in [0.717, 1.165) is 10.6 Å². The molecule has 0 saturated heterocycles. The number of nitrogen functional groups attached to an aromatic ring is 1. The van der Waals surface area contributed by atoms with Crippen LogP contribution in [0.3, 0.4) is 0 Å². The van der Waals surface area contributed by atoms with Crippen LogP contribution in [0.4, 0.5) is 5.69 Å². The lowest BCUT2D eigenvalue weighted by molar-refractivity contribution is 0.468. The highest BCUT2D eigenvalue weighted by molar-refractivity contribution is 7.89. The van der Waals surface area contributed by atoms with Gasteiger partial charge in [0.1, 0.15) is 11.0 Å². The van der Waals surface area contributed by atoms with Gasteiger partial charge in [0, 0.05) is 24.2 Å². The summed E-state index contributed by atoms with van der Waals surface area (Å²) < 4.78 is 26.4. The van der Waals surface area contributed by atoms with Crippen molar-refractivity contribution in [1.82, 2.24) is 9.29 Å². The van der Waals surface area contributed by atoms with Crippen molar-refractivity contribution < 1.29 is 8.42 Å². The maximum atomic E-state index is 12.6. The summed E-state index contributed by atoms with van der Waals surface area (Å²) in [7, 11) is -2.28. The van der Waals surface area contributed by atoms with Gasteiger partial charge in [-0.15, -0.1) is 11.3 Å². The Morgan fingerprint density at radius 3 is 2.76 bits per heavy atom. The molecule has 0 atom stereocenters. The fourth-order valence-electron chi connectivity index (χ4n) is 1.79. The zero-order valence-corrected chi connectivity index (χ0v) is 13.2. The fraction of sp³-hybridized carbons (Fsp3) is 0.231. The van der Waals surface area contributed by atoms with E-state index in [2.05, 4.69) is 4.98 Å². The molecule has 2 aromatic rings. The summed E-state index contributed by atoms with van der Waals surface area (Å²) in [5.41, 5.74) is 8.46. The average Bonchev–Trinajstić information content (AvgIpc) is 2.83. The van der Waals surface area contributed by atoms with Crippen molar-refractivity contribution in [2.24, 2.45) is 0 Å². The van der Waals surface area contributed by atoms with Crippen LogP contribution in [-0.4, -0.2) is 24.8 Å². The molecule has 2 N–H and O–H groups in total. The Hall–Kier alpha value is -1.95. The third kappa shape index (κ3) is 3.05. The third-order valence-corrected chi connectivity index (χ3v) is 5.80. The summed E-state index contributed by atoms with van der Waals surface area (Å²) in [5.74, 6) is 0. The van der Waals surface area contributed by atoms with Crippen LogP contribution < -0.4 is 5.73 Å². The monoisotopic (exact) mass is 322 g/mol. The molecule has 8 heteroatoms. The molecule has 0 radical (unpaired) electrons. The van der Waals surface area contributed by atoms with Gasteiger partial charge in [0.25, 0.3) is 0 Å². The summed E-state index contributed by atoms with van der Waals surface area (Å²) in [6.07, 6.45) is 0. The van der Waals surface area contributed by atoms with Crippen LogP contribution in [0, 0.1) is 18.3 Å². The standard InChI is InChI=1S/C13H14N4O2S2/c1-9-12(20-8-16-9)7-17(2)21(18,19)13-4-3-11(15)5-10(13)6-14/h3-5,8H,7,15H2,1-2H3. The number of aryl methyl sites for hydroxylation is 1. The number of nitrogens with zero attached hydrogens (tertiary/aromatic N) is 3. The summed E-state index contributed by atoms with van der Waals surface area (Å²) in [6, 6.07) is 6.06. The molecule has 0 aliphatic rings. The van der Waals surface area contributed by atoms with Gasteiger partial charge in [-0.2, -0.15) is 9.57 Å². The van der Waals surface area contributed by atoms with Crippen LogP contribution >= 0.6 is 11.3 Å². The first-order valence-corrected chi connectivity index (χ1v) is 8.33. The number of thiazole rings is 1. The Bertz CT molecular complexity index is 806. The minimum absolute atomic E-state index is 0.0381. The summed E-state index contributed by atoms with van der Waals surface area (Å²) in [4.78, 5) is 4.93. The molecule has 110 valence electrons. The van der Waals surface area contributed by atoms with Crippen LogP contribution in [0.1, 0.15) is 16.1 Å². The molecular weight excluding hydrogens is 308 g/mol. The fourth-order valence-corrected chi connectivity index (χ4v) is 3.96. The number of aromatic nitrogens is 1. The summed E-state index contributed by atoms with van der Waals surface area (Å²) in [6.45, 7) is 2.05. The zero-order chi connectivity index (χ0) is 15.6. The number of hydrogen-bond acceptors (Lipinski definition) is 6. The van der Waals surface area contributed by atoms with Gasteiger partial charge in [0.05, 0.1) is 16.8 Å². The molecule has 0 amide bonds. The van der Waals surface area contributed by atoms with Crippen molar-refractivity contribution in [3.8, 4) is 6.07 Å². The summed E-state index contributed by atoms with van der Waals surface area (Å²) >= 11 is 1.40. The number of nitrogens with two attached hydrogens (primary N) is 1. The maximum Gasteiger partial charge on any atom is 0.244 e. The van der Waals surface area contributed by atoms with E-state index >= 15 is 0 Å². The van der Waals surface area contributed by atoms with Crippen molar-refractivity contribution in [3.05, 3.63) is 39.8 Å². The van der Waals surface area contributed by atoms with E-state index in [0.29, 0.717) is 5.69 Å². The van der Waals surface area contributed by atoms with E-state index < -0.39 is 10.0 Å². The minimum atomic E-state index is -3.76. The van der Waals surface area contributed by atoms with E-state index in [-0.39, 0.29) is 17.0 Å². The molecule has 2 rings (SSSR count). The lowest BCUT2D eigenvalue weighted by Gasteiger charge is -2.17. The average molecular weight is 322 g/mol. The quantitative estimate of drug-likeness (QED) is 0.864. The number of rotatable bonds is 4. The van der Waals surface area contributed by atoms with Crippen molar-refractivity contribution in [3.63, 3.8) is 0 Å². The lowest BCUT2D eigenvalue weighted by atomic mass is 10.2. The van der Waals surface area contributed by atoms with Crippen molar-refractivity contribution >= 4 is 27.0 Å². The Balaban J connectivity index is 2.38. The Morgan fingerprint density at radius 1 is 1.48 bits per heavy atom. The molecule has 0 aliphatic heterocycles.